The molecule has 3 aliphatic heterocycles. The van der Waals surface area contributed by atoms with Crippen molar-refractivity contribution in [2.24, 2.45) is 7.05 Å². The van der Waals surface area contributed by atoms with Crippen LogP contribution in [0.4, 0.5) is 20.3 Å². The highest BCUT2D eigenvalue weighted by molar-refractivity contribution is 7.22. The molecule has 0 radical (unpaired) electrons. The zero-order valence-electron chi connectivity index (χ0n) is 54.8. The van der Waals surface area contributed by atoms with Crippen molar-refractivity contribution in [2.75, 3.05) is 37.0 Å². The SMILES string of the molecule is Cc1cn2cc(-c3ncc4nc(N(C)C5CC(C)(C)NC(C)(C)C5)sc4n3)cc(C#N)c2n1.Cc1cn2cc(-c3ncc4nc(N(C)C5CC(C)(C)NC(C)(C)C5)sc4n3)cc(F)c2n1.[C-]#[N+]c1cc(-c2cc(C#N)c3nn(C)cc3c2)cc2sc(C3=CCNCC3)nc12. The second kappa shape index (κ2) is 24.3. The summed E-state index contributed by atoms with van der Waals surface area (Å²) in [6.07, 6.45) is 20.1. The predicted octanol–water partition coefficient (Wildman–Crippen LogP) is 13.6. The van der Waals surface area contributed by atoms with Crippen molar-refractivity contribution in [2.45, 2.75) is 136 Å². The molecule has 3 N–H and O–H groups in total. The molecule has 10 aromatic heterocycles. The number of pyridine rings is 2. The molecule has 12 aromatic rings. The van der Waals surface area contributed by atoms with E-state index in [1.807, 2.05) is 68.3 Å². The fourth-order valence-electron chi connectivity index (χ4n) is 13.9. The number of rotatable bonds is 8. The van der Waals surface area contributed by atoms with Crippen molar-refractivity contribution in [1.29, 1.82) is 10.5 Å². The van der Waals surface area contributed by atoms with Crippen LogP contribution in [0.15, 0.2) is 85.9 Å². The van der Waals surface area contributed by atoms with Gasteiger partial charge in [0, 0.05) is 114 Å². The van der Waals surface area contributed by atoms with Gasteiger partial charge in [-0.3, -0.25) is 4.68 Å². The largest absolute Gasteiger partial charge is 0.348 e. The Morgan fingerprint density at radius 3 is 1.70 bits per heavy atom. The van der Waals surface area contributed by atoms with Gasteiger partial charge in [0.1, 0.15) is 43.4 Å². The molecule has 0 aliphatic carbocycles. The molecule has 0 bridgehead atoms. The summed E-state index contributed by atoms with van der Waals surface area (Å²) in [5.74, 6) is 0.668. The van der Waals surface area contributed by atoms with Crippen molar-refractivity contribution < 1.29 is 4.39 Å². The third-order valence-electron chi connectivity index (χ3n) is 17.4. The van der Waals surface area contributed by atoms with Crippen LogP contribution in [-0.2, 0) is 7.05 Å². The Morgan fingerprint density at radius 2 is 1.16 bits per heavy atom. The minimum Gasteiger partial charge on any atom is -0.348 e. The minimum atomic E-state index is -0.389. The number of hydrogen-bond donors (Lipinski definition) is 3. The lowest BCUT2D eigenvalue weighted by atomic mass is 9.79. The van der Waals surface area contributed by atoms with Gasteiger partial charge in [-0.15, -0.1) is 11.3 Å². The number of fused-ring (bicyclic) bond motifs is 6. The molecule has 0 atom stereocenters. The lowest BCUT2D eigenvalue weighted by molar-refractivity contribution is 0.160. The molecule has 94 heavy (non-hydrogen) atoms. The zero-order chi connectivity index (χ0) is 66.3. The number of anilines is 2. The van der Waals surface area contributed by atoms with Gasteiger partial charge in [0.25, 0.3) is 0 Å². The fourth-order valence-corrected chi connectivity index (χ4v) is 16.9. The van der Waals surface area contributed by atoms with Crippen LogP contribution >= 0.6 is 34.0 Å². The second-order valence-corrected chi connectivity index (χ2v) is 30.4. The van der Waals surface area contributed by atoms with Crippen molar-refractivity contribution in [3.8, 4) is 46.0 Å². The van der Waals surface area contributed by atoms with Gasteiger partial charge >= 0.3 is 0 Å². The lowest BCUT2D eigenvalue weighted by Crippen LogP contribution is -2.61. The number of aromatic nitrogens is 13. The molecule has 2 fully saturated rings. The van der Waals surface area contributed by atoms with Gasteiger partial charge in [-0.2, -0.15) is 15.6 Å². The van der Waals surface area contributed by atoms with Crippen LogP contribution in [0.3, 0.4) is 0 Å². The Bertz CT molecular complexity index is 5100. The summed E-state index contributed by atoms with van der Waals surface area (Å²) in [5.41, 5.74) is 11.8. The first kappa shape index (κ1) is 63.5. The zero-order valence-corrected chi connectivity index (χ0v) is 57.3. The van der Waals surface area contributed by atoms with Gasteiger partial charge in [0.05, 0.1) is 47.0 Å². The fraction of sp³-hybridized carbons (Fsp3) is 0.377. The summed E-state index contributed by atoms with van der Waals surface area (Å²) in [6, 6.07) is 16.3. The molecule has 0 spiro atoms. The third kappa shape index (κ3) is 12.9. The number of halogens is 1. The van der Waals surface area contributed by atoms with Crippen molar-refractivity contribution in [3.63, 3.8) is 0 Å². The number of thiazole rings is 3. The Hall–Kier alpha value is -9.26. The molecule has 25 heteroatoms. The first-order valence-electron chi connectivity index (χ1n) is 31.2. The van der Waals surface area contributed by atoms with E-state index in [2.05, 4.69) is 149 Å². The van der Waals surface area contributed by atoms with E-state index >= 15 is 0 Å². The maximum Gasteiger partial charge on any atom is 0.214 e. The average molecular weight is 1310 g/mol. The molecular formula is C69H72FN21S3. The van der Waals surface area contributed by atoms with E-state index in [9.17, 15) is 14.9 Å². The molecule has 2 aromatic carbocycles. The van der Waals surface area contributed by atoms with E-state index in [0.717, 1.165) is 125 Å². The number of nitriles is 2. The van der Waals surface area contributed by atoms with Crippen LogP contribution in [0.5, 0.6) is 0 Å². The quantitative estimate of drug-likeness (QED) is 0.120. The first-order chi connectivity index (χ1) is 44.7. The molecule has 15 rings (SSSR count). The molecule has 2 saturated heterocycles. The van der Waals surface area contributed by atoms with Gasteiger partial charge < -0.3 is 34.6 Å². The highest BCUT2D eigenvalue weighted by Gasteiger charge is 2.41. The summed E-state index contributed by atoms with van der Waals surface area (Å²) in [5, 5.41) is 38.1. The van der Waals surface area contributed by atoms with E-state index in [-0.39, 0.29) is 28.0 Å². The van der Waals surface area contributed by atoms with E-state index in [1.165, 1.54) is 11.6 Å². The number of aryl methyl sites for hydroxylation is 3. The molecule has 21 nitrogen and oxygen atoms in total. The van der Waals surface area contributed by atoms with Gasteiger partial charge in [0.2, 0.25) is 5.69 Å². The Morgan fingerprint density at radius 1 is 0.628 bits per heavy atom. The summed E-state index contributed by atoms with van der Waals surface area (Å²) < 4.78 is 20.8. The molecule has 478 valence electrons. The Kier molecular flexibility index (Phi) is 16.4. The molecule has 0 unspecified atom stereocenters. The average Bonchev–Trinajstić information content (AvgIpc) is 1.55. The van der Waals surface area contributed by atoms with Crippen LogP contribution in [-0.4, -0.2) is 125 Å². The van der Waals surface area contributed by atoms with Crippen molar-refractivity contribution >= 4 is 109 Å². The Balaban J connectivity index is 0.000000128. The van der Waals surface area contributed by atoms with Gasteiger partial charge in [0.15, 0.2) is 39.0 Å². The van der Waals surface area contributed by atoms with Crippen LogP contribution in [0, 0.1) is 48.9 Å². The van der Waals surface area contributed by atoms with E-state index < -0.39 is 0 Å². The van der Waals surface area contributed by atoms with Crippen LogP contribution in [0.1, 0.15) is 115 Å². The van der Waals surface area contributed by atoms with Gasteiger partial charge in [-0.1, -0.05) is 28.7 Å². The molecule has 3 aliphatic rings. The van der Waals surface area contributed by atoms with Gasteiger partial charge in [-0.05, 0) is 161 Å². The summed E-state index contributed by atoms with van der Waals surface area (Å²) in [7, 11) is 6.08. The highest BCUT2D eigenvalue weighted by atomic mass is 32.1. The predicted molar refractivity (Wildman–Crippen MR) is 374 cm³/mol. The number of benzene rings is 2. The first-order valence-corrected chi connectivity index (χ1v) is 33.6. The molecule has 0 amide bonds. The molecule has 13 heterocycles. The third-order valence-corrected chi connectivity index (χ3v) is 20.6. The Labute approximate surface area is 556 Å². The van der Waals surface area contributed by atoms with E-state index in [1.54, 1.807) is 67.7 Å². The summed E-state index contributed by atoms with van der Waals surface area (Å²) in [4.78, 5) is 51.5. The van der Waals surface area contributed by atoms with E-state index in [0.29, 0.717) is 62.9 Å². The minimum absolute atomic E-state index is 0.0543. The maximum atomic E-state index is 14.5. The van der Waals surface area contributed by atoms with Crippen LogP contribution in [0.25, 0.3) is 97.4 Å². The molecule has 0 saturated carbocycles. The molecular weight excluding hydrogens is 1240 g/mol. The van der Waals surface area contributed by atoms with Gasteiger partial charge in [-0.25, -0.2) is 54.1 Å². The number of piperidine rings is 2. The smallest absolute Gasteiger partial charge is 0.214 e. The highest BCUT2D eigenvalue weighted by Crippen LogP contribution is 2.41. The second-order valence-electron chi connectivity index (χ2n) is 27.5. The normalized spacial score (nSPS) is 16.9. The standard InChI is InChI=1S/C24H28N8S.C23H28FN7S.C22H16N6S/c1-14-12-32-13-16(7-15(10-25)20(32)27-14)19-26-11-18-21(29-19)33-22(28-18)31(6)17-8-23(2,3)30-24(4,5)9-17;1-13-11-31-12-14(7-16(24)19(31)26-13)18-25-10-17-20(28-18)32-21(27-17)30(6)15-8-22(2,3)29-23(4,5)9-15;1-24-18-9-15(14-7-16(11-23)20-17(8-14)12-28(2)27-20)10-19-21(18)26-22(29-19)13-3-5-25-6-4-13/h7,11-13,17,30H,8-9H2,1-6H3;7,10-12,15,29H,8-9H2,1-6H3;3,7-10,12,25H,4-6H2,2H3. The number of imidazole rings is 2. The van der Waals surface area contributed by atoms with Crippen molar-refractivity contribution in [1.82, 2.24) is 79.4 Å². The number of nitrogens with zero attached hydrogens (tertiary/aromatic N) is 18. The summed E-state index contributed by atoms with van der Waals surface area (Å²) in [6.45, 7) is 31.3. The van der Waals surface area contributed by atoms with Crippen molar-refractivity contribution in [3.05, 3.63) is 131 Å². The monoisotopic (exact) mass is 1310 g/mol. The lowest BCUT2D eigenvalue weighted by Gasteiger charge is -2.48. The number of nitrogens with one attached hydrogen (secondary N) is 3. The van der Waals surface area contributed by atoms with E-state index in [4.69, 9.17) is 31.5 Å². The topological polar surface area (TPSA) is 237 Å². The summed E-state index contributed by atoms with van der Waals surface area (Å²) >= 11 is 4.76. The van der Waals surface area contributed by atoms with Crippen LogP contribution in [0.2, 0.25) is 0 Å². The number of hydrogen-bond acceptors (Lipinski definition) is 20. The van der Waals surface area contributed by atoms with Crippen LogP contribution < -0.4 is 25.8 Å². The maximum absolute atomic E-state index is 14.5.